The topological polar surface area (TPSA) is 72.7 Å². The van der Waals surface area contributed by atoms with Gasteiger partial charge in [0.1, 0.15) is 11.7 Å². The Morgan fingerprint density at radius 2 is 2.00 bits per heavy atom. The van der Waals surface area contributed by atoms with Crippen molar-refractivity contribution in [2.24, 2.45) is 0 Å². The number of hydrogen-bond donors (Lipinski definition) is 0. The lowest BCUT2D eigenvalue weighted by Crippen LogP contribution is -2.46. The maximum Gasteiger partial charge on any atom is 0.328 e. The van der Waals surface area contributed by atoms with Crippen LogP contribution in [0.2, 0.25) is 0 Å². The molecule has 0 radical (unpaired) electrons. The third-order valence-corrected chi connectivity index (χ3v) is 3.48. The molecule has 2 rings (SSSR count). The van der Waals surface area contributed by atoms with Crippen molar-refractivity contribution in [3.63, 3.8) is 0 Å². The Bertz CT molecular complexity index is 556. The molecule has 6 nitrogen and oxygen atoms in total. The van der Waals surface area contributed by atoms with Gasteiger partial charge in [0.25, 0.3) is 5.69 Å². The van der Waals surface area contributed by atoms with E-state index in [-0.39, 0.29) is 6.54 Å². The van der Waals surface area contributed by atoms with E-state index >= 15 is 0 Å². The first-order valence-electron chi connectivity index (χ1n) is 6.43. The predicted molar refractivity (Wildman–Crippen MR) is 70.0 cm³/mol. The average molecular weight is 300 g/mol. The number of rotatable bonds is 3. The Morgan fingerprint density at radius 1 is 1.38 bits per heavy atom. The third-order valence-electron chi connectivity index (χ3n) is 3.48. The second-order valence-corrected chi connectivity index (χ2v) is 4.74. The molecule has 0 N–H and O–H groups in total. The lowest BCUT2D eigenvalue weighted by molar-refractivity contribution is -0.385. The minimum absolute atomic E-state index is 0.283. The molecule has 1 unspecified atom stereocenters. The molecule has 0 spiro atoms. The molecule has 8 heteroatoms. The summed E-state index contributed by atoms with van der Waals surface area (Å²) < 4.78 is 32.8. The summed E-state index contributed by atoms with van der Waals surface area (Å²) in [6, 6.07) is 0.525. The first-order valence-corrected chi connectivity index (χ1v) is 6.43. The zero-order valence-corrected chi connectivity index (χ0v) is 11.3. The third kappa shape index (κ3) is 2.93. The number of methoxy groups -OCH3 is 1. The summed E-state index contributed by atoms with van der Waals surface area (Å²) in [5.74, 6) is -2.69. The van der Waals surface area contributed by atoms with E-state index in [2.05, 4.69) is 4.74 Å². The molecule has 114 valence electrons. The van der Waals surface area contributed by atoms with E-state index in [1.54, 1.807) is 0 Å². The minimum atomic E-state index is -1.06. The number of carbonyl (C=O) groups is 1. The molecule has 0 amide bonds. The highest BCUT2D eigenvalue weighted by atomic mass is 19.1. The van der Waals surface area contributed by atoms with Crippen LogP contribution in [0.1, 0.15) is 19.3 Å². The molecule has 0 bridgehead atoms. The number of nitrogens with zero attached hydrogens (tertiary/aromatic N) is 2. The van der Waals surface area contributed by atoms with E-state index in [1.165, 1.54) is 12.0 Å². The van der Waals surface area contributed by atoms with E-state index < -0.39 is 39.9 Å². The average Bonchev–Trinajstić information content (AvgIpc) is 2.46. The number of carbonyl (C=O) groups excluding carboxylic acids is 1. The van der Waals surface area contributed by atoms with Crippen LogP contribution in [0, 0.1) is 21.7 Å². The summed E-state index contributed by atoms with van der Waals surface area (Å²) in [5.41, 5.74) is -1.09. The van der Waals surface area contributed by atoms with Gasteiger partial charge in [-0.1, -0.05) is 0 Å². The summed E-state index contributed by atoms with van der Waals surface area (Å²) >= 11 is 0. The van der Waals surface area contributed by atoms with Crippen LogP contribution in [0.3, 0.4) is 0 Å². The van der Waals surface area contributed by atoms with Gasteiger partial charge in [-0.3, -0.25) is 10.1 Å². The van der Waals surface area contributed by atoms with Crippen LogP contribution in [0.4, 0.5) is 20.2 Å². The smallest absolute Gasteiger partial charge is 0.328 e. The molecule has 1 aromatic carbocycles. The Kier molecular flexibility index (Phi) is 4.35. The number of esters is 1. The van der Waals surface area contributed by atoms with E-state index in [4.69, 9.17) is 0 Å². The van der Waals surface area contributed by atoms with E-state index in [1.807, 2.05) is 0 Å². The number of hydrogen-bond acceptors (Lipinski definition) is 5. The summed E-state index contributed by atoms with van der Waals surface area (Å²) in [6.45, 7) is 0.283. The fourth-order valence-electron chi connectivity index (χ4n) is 2.51. The van der Waals surface area contributed by atoms with Crippen molar-refractivity contribution in [3.05, 3.63) is 33.9 Å². The maximum absolute atomic E-state index is 14.1. The fraction of sp³-hybridized carbons (Fsp3) is 0.462. The van der Waals surface area contributed by atoms with Gasteiger partial charge in [0, 0.05) is 6.54 Å². The Hall–Kier alpha value is -2.25. The molecular weight excluding hydrogens is 286 g/mol. The lowest BCUT2D eigenvalue weighted by Gasteiger charge is -2.35. The van der Waals surface area contributed by atoms with Crippen molar-refractivity contribution < 1.29 is 23.2 Å². The number of non-ortho nitro benzene ring substituents is 1. The van der Waals surface area contributed by atoms with Crippen LogP contribution in [0.25, 0.3) is 0 Å². The van der Waals surface area contributed by atoms with Crippen LogP contribution in [-0.2, 0) is 9.53 Å². The second-order valence-electron chi connectivity index (χ2n) is 4.74. The van der Waals surface area contributed by atoms with Crippen LogP contribution >= 0.6 is 0 Å². The van der Waals surface area contributed by atoms with Gasteiger partial charge in [-0.15, -0.1) is 0 Å². The molecular formula is C13H14F2N2O4. The van der Waals surface area contributed by atoms with Crippen molar-refractivity contribution >= 4 is 17.3 Å². The quantitative estimate of drug-likeness (QED) is 0.487. The molecule has 1 atom stereocenters. The Labute approximate surface area is 119 Å². The molecule has 0 aliphatic carbocycles. The normalized spacial score (nSPS) is 18.4. The molecule has 1 fully saturated rings. The van der Waals surface area contributed by atoms with Crippen LogP contribution in [0.15, 0.2) is 12.1 Å². The van der Waals surface area contributed by atoms with Crippen LogP contribution in [0.5, 0.6) is 0 Å². The molecule has 1 saturated heterocycles. The lowest BCUT2D eigenvalue weighted by atomic mass is 10.0. The van der Waals surface area contributed by atoms with E-state index in [0.717, 1.165) is 6.42 Å². The van der Waals surface area contributed by atoms with Gasteiger partial charge in [0.2, 0.25) is 0 Å². The molecule has 0 saturated carbocycles. The van der Waals surface area contributed by atoms with Gasteiger partial charge in [-0.05, 0) is 19.3 Å². The van der Waals surface area contributed by atoms with Gasteiger partial charge >= 0.3 is 5.97 Å². The van der Waals surface area contributed by atoms with Gasteiger partial charge in [-0.2, -0.15) is 0 Å². The molecule has 21 heavy (non-hydrogen) atoms. The maximum atomic E-state index is 14.1. The summed E-state index contributed by atoms with van der Waals surface area (Å²) in [7, 11) is 1.21. The summed E-state index contributed by atoms with van der Waals surface area (Å²) in [4.78, 5) is 22.7. The number of nitro groups is 1. The first-order chi connectivity index (χ1) is 9.95. The Balaban J connectivity index is 2.43. The Morgan fingerprint density at radius 3 is 2.52 bits per heavy atom. The monoisotopic (exact) mass is 300 g/mol. The van der Waals surface area contributed by atoms with E-state index in [9.17, 15) is 23.7 Å². The largest absolute Gasteiger partial charge is 0.467 e. The van der Waals surface area contributed by atoms with Gasteiger partial charge in [-0.25, -0.2) is 13.6 Å². The standard InChI is InChI=1S/C13H14F2N2O4/c1-21-13(18)11-4-2-3-5-16(11)12-9(14)6-8(17(19)20)7-10(12)15/h6-7,11H,2-5H2,1H3. The number of halogens is 2. The number of nitro benzene ring substituents is 1. The van der Waals surface area contributed by atoms with Crippen molar-refractivity contribution in [1.82, 2.24) is 0 Å². The van der Waals surface area contributed by atoms with Crippen molar-refractivity contribution in [3.8, 4) is 0 Å². The molecule has 0 aromatic heterocycles. The number of piperidine rings is 1. The first kappa shape index (κ1) is 15.1. The zero-order valence-electron chi connectivity index (χ0n) is 11.3. The van der Waals surface area contributed by atoms with E-state index in [0.29, 0.717) is 25.0 Å². The zero-order chi connectivity index (χ0) is 15.6. The highest BCUT2D eigenvalue weighted by Gasteiger charge is 2.33. The molecule has 1 aromatic rings. The summed E-state index contributed by atoms with van der Waals surface area (Å²) in [5, 5.41) is 10.6. The molecule has 1 aliphatic rings. The highest BCUT2D eigenvalue weighted by Crippen LogP contribution is 2.32. The number of anilines is 1. The van der Waals surface area contributed by atoms with Crippen molar-refractivity contribution in [2.45, 2.75) is 25.3 Å². The SMILES string of the molecule is COC(=O)C1CCCCN1c1c(F)cc([N+](=O)[O-])cc1F. The summed E-state index contributed by atoms with van der Waals surface area (Å²) in [6.07, 6.45) is 1.83. The van der Waals surface area contributed by atoms with Crippen molar-refractivity contribution in [2.75, 3.05) is 18.6 Å². The predicted octanol–water partition coefficient (Wildman–Crippen LogP) is 2.40. The highest BCUT2D eigenvalue weighted by molar-refractivity contribution is 5.80. The van der Waals surface area contributed by atoms with Crippen LogP contribution in [-0.4, -0.2) is 30.6 Å². The molecule has 1 heterocycles. The van der Waals surface area contributed by atoms with Gasteiger partial charge in [0.15, 0.2) is 11.6 Å². The van der Waals surface area contributed by atoms with Gasteiger partial charge < -0.3 is 9.64 Å². The fourth-order valence-corrected chi connectivity index (χ4v) is 2.51. The minimum Gasteiger partial charge on any atom is -0.467 e. The number of benzene rings is 1. The second kappa shape index (κ2) is 6.02. The molecule has 1 aliphatic heterocycles. The van der Waals surface area contributed by atoms with Gasteiger partial charge in [0.05, 0.1) is 24.2 Å². The van der Waals surface area contributed by atoms with Crippen molar-refractivity contribution in [1.29, 1.82) is 0 Å². The number of ether oxygens (including phenoxy) is 1. The van der Waals surface area contributed by atoms with Crippen LogP contribution < -0.4 is 4.90 Å².